The summed E-state index contributed by atoms with van der Waals surface area (Å²) in [6, 6.07) is 0. The van der Waals surface area contributed by atoms with Gasteiger partial charge in [0, 0.05) is 44.9 Å². The van der Waals surface area contributed by atoms with Crippen molar-refractivity contribution in [3.8, 4) is 0 Å². The molecule has 0 rings (SSSR count). The number of ketones is 2. The molecule has 4 N–H and O–H groups in total. The Labute approximate surface area is 333 Å². The van der Waals surface area contributed by atoms with Crippen molar-refractivity contribution in [2.45, 2.75) is 162 Å². The molecule has 0 aromatic carbocycles. The fraction of sp³-hybridized carbons (Fsp3) is 0.881. The lowest BCUT2D eigenvalue weighted by Crippen LogP contribution is -2.29. The van der Waals surface area contributed by atoms with Gasteiger partial charge in [0.05, 0.1) is 33.0 Å². The van der Waals surface area contributed by atoms with Crippen LogP contribution < -0.4 is 10.6 Å². The van der Waals surface area contributed by atoms with E-state index < -0.39 is 12.6 Å². The summed E-state index contributed by atoms with van der Waals surface area (Å²) in [4.78, 5) is 57.0. The van der Waals surface area contributed by atoms with Gasteiger partial charge in [-0.25, -0.2) is 0 Å². The summed E-state index contributed by atoms with van der Waals surface area (Å²) in [6.45, 7) is 9.04. The number of carbonyl (C=O) groups excluding carboxylic acids is 4. The smallest absolute Gasteiger partial charge is 0.303 e. The van der Waals surface area contributed by atoms with E-state index in [2.05, 4.69) is 24.5 Å². The van der Waals surface area contributed by atoms with Crippen molar-refractivity contribution in [2.75, 3.05) is 72.6 Å². The van der Waals surface area contributed by atoms with E-state index in [4.69, 9.17) is 29.2 Å². The number of amides is 2. The first-order valence-corrected chi connectivity index (χ1v) is 21.4. The molecule has 0 heterocycles. The van der Waals surface area contributed by atoms with Crippen LogP contribution in [0.15, 0.2) is 0 Å². The minimum absolute atomic E-state index is 0.00271. The second kappa shape index (κ2) is 44.3. The van der Waals surface area contributed by atoms with Gasteiger partial charge in [-0.2, -0.15) is 0 Å². The largest absolute Gasteiger partial charge is 0.481 e. The number of aliphatic hydroxyl groups is 1. The first-order valence-electron chi connectivity index (χ1n) is 21.4. The Morgan fingerprint density at radius 1 is 0.509 bits per heavy atom. The molecule has 0 fully saturated rings. The molecule has 0 spiro atoms. The molecule has 0 unspecified atom stereocenters. The van der Waals surface area contributed by atoms with Crippen LogP contribution in [0.4, 0.5) is 0 Å². The number of aliphatic hydroxyl groups excluding tert-OH is 1. The molecule has 55 heavy (non-hydrogen) atoms. The fourth-order valence-electron chi connectivity index (χ4n) is 5.58. The minimum Gasteiger partial charge on any atom is -0.481 e. The highest BCUT2D eigenvalue weighted by molar-refractivity contribution is 5.82. The molecule has 0 radical (unpaired) electrons. The topological polar surface area (TPSA) is 187 Å². The molecule has 0 bridgehead atoms. The third kappa shape index (κ3) is 44.1. The summed E-state index contributed by atoms with van der Waals surface area (Å²) in [5.74, 6) is -1.03. The number of aliphatic carboxylic acids is 1. The number of Topliss-reactive ketones (excluding diaryl/α,β-unsaturated/α-hetero) is 2. The molecule has 0 aromatic rings. The highest BCUT2D eigenvalue weighted by Crippen LogP contribution is 2.13. The Bertz CT molecular complexity index is 920. The highest BCUT2D eigenvalue weighted by atomic mass is 16.5. The van der Waals surface area contributed by atoms with Crippen LogP contribution in [-0.4, -0.2) is 112 Å². The molecule has 0 saturated carbocycles. The second-order valence-corrected chi connectivity index (χ2v) is 14.0. The van der Waals surface area contributed by atoms with Gasteiger partial charge >= 0.3 is 5.97 Å². The lowest BCUT2D eigenvalue weighted by Gasteiger charge is -2.12. The number of ether oxygens (including phenoxy) is 4. The zero-order chi connectivity index (χ0) is 41.0. The predicted molar refractivity (Wildman–Crippen MR) is 216 cm³/mol. The monoisotopic (exact) mass is 789 g/mol. The van der Waals surface area contributed by atoms with E-state index in [0.717, 1.165) is 57.8 Å². The number of carboxylic acid groups (broad SMARTS) is 1. The average Bonchev–Trinajstić information content (AvgIpc) is 3.17. The number of carboxylic acids is 1. The van der Waals surface area contributed by atoms with Gasteiger partial charge < -0.3 is 39.8 Å². The summed E-state index contributed by atoms with van der Waals surface area (Å²) in [6.07, 6.45) is 21.7. The average molecular weight is 789 g/mol. The molecule has 2 amide bonds. The zero-order valence-electron chi connectivity index (χ0n) is 35.0. The minimum atomic E-state index is -0.658. The fourth-order valence-corrected chi connectivity index (χ4v) is 5.58. The third-order valence-electron chi connectivity index (χ3n) is 8.96. The van der Waals surface area contributed by atoms with Crippen LogP contribution in [0.1, 0.15) is 162 Å². The normalized spacial score (nSPS) is 11.4. The Balaban J connectivity index is 0. The zero-order valence-corrected chi connectivity index (χ0v) is 35.0. The molecule has 0 saturated heterocycles. The molecule has 0 aliphatic rings. The van der Waals surface area contributed by atoms with Crippen molar-refractivity contribution in [1.29, 1.82) is 0 Å². The van der Waals surface area contributed by atoms with E-state index in [0.29, 0.717) is 78.2 Å². The molecule has 13 heteroatoms. The van der Waals surface area contributed by atoms with Crippen molar-refractivity contribution in [3.05, 3.63) is 0 Å². The van der Waals surface area contributed by atoms with Crippen molar-refractivity contribution in [1.82, 2.24) is 10.6 Å². The second-order valence-electron chi connectivity index (χ2n) is 14.0. The van der Waals surface area contributed by atoms with Crippen LogP contribution in [-0.2, 0) is 42.9 Å². The van der Waals surface area contributed by atoms with Gasteiger partial charge in [-0.3, -0.25) is 24.0 Å². The van der Waals surface area contributed by atoms with Crippen molar-refractivity contribution in [3.63, 3.8) is 0 Å². The number of carbonyl (C=O) groups is 5. The maximum Gasteiger partial charge on any atom is 0.303 e. The van der Waals surface area contributed by atoms with Gasteiger partial charge in [0.15, 0.2) is 11.6 Å². The van der Waals surface area contributed by atoms with Gasteiger partial charge in [0.25, 0.3) is 0 Å². The van der Waals surface area contributed by atoms with E-state index in [1.807, 2.05) is 6.92 Å². The summed E-state index contributed by atoms with van der Waals surface area (Å²) >= 11 is 0. The van der Waals surface area contributed by atoms with Gasteiger partial charge in [-0.1, -0.05) is 104 Å². The van der Waals surface area contributed by atoms with Crippen LogP contribution in [0.25, 0.3) is 0 Å². The summed E-state index contributed by atoms with van der Waals surface area (Å²) in [7, 11) is 0. The third-order valence-corrected chi connectivity index (χ3v) is 8.96. The van der Waals surface area contributed by atoms with Crippen LogP contribution >= 0.6 is 0 Å². The van der Waals surface area contributed by atoms with Crippen LogP contribution in [0.5, 0.6) is 0 Å². The maximum atomic E-state index is 11.8. The molecule has 1 atom stereocenters. The predicted octanol–water partition coefficient (Wildman–Crippen LogP) is 6.74. The van der Waals surface area contributed by atoms with Gasteiger partial charge in [-0.15, -0.1) is 0 Å². The van der Waals surface area contributed by atoms with Gasteiger partial charge in [-0.05, 0) is 38.5 Å². The summed E-state index contributed by atoms with van der Waals surface area (Å²) in [5.41, 5.74) is 0. The lowest BCUT2D eigenvalue weighted by molar-refractivity contribution is -0.137. The summed E-state index contributed by atoms with van der Waals surface area (Å²) < 4.78 is 21.4. The Morgan fingerprint density at radius 3 is 1.64 bits per heavy atom. The van der Waals surface area contributed by atoms with E-state index in [1.54, 1.807) is 0 Å². The standard InChI is InChI=1S/C29H54N2O9.C13H26O2/c1-3-5-6-7-13-28(35)31-15-17-38-19-20-39-23-26(33)12-10-16-37-18-21-40-24-29(36)30-14-9-8-11-25(4-2)27(34)22-32;1-2-3-4-5-6-7-8-9-10-11-12-13(14)15/h25,32H,3-24H2,1-2H3,(H,30,36)(H,31,35);2-12H2,1H3,(H,14,15)/t25-;/m0./s1. The van der Waals surface area contributed by atoms with E-state index in [1.165, 1.54) is 51.4 Å². The quantitative estimate of drug-likeness (QED) is 0.0481. The van der Waals surface area contributed by atoms with E-state index in [-0.39, 0.29) is 49.1 Å². The SMILES string of the molecule is CCCCCCC(=O)NCCOCCOCC(=O)CCCOCCOCC(=O)NCCCC[C@H](CC)C(=O)CO.CCCCCCCCCCCCC(=O)O. The van der Waals surface area contributed by atoms with Crippen LogP contribution in [0, 0.1) is 5.92 Å². The van der Waals surface area contributed by atoms with Crippen molar-refractivity contribution < 1.29 is 53.1 Å². The Hall–Kier alpha value is -2.45. The first kappa shape index (κ1) is 54.6. The Morgan fingerprint density at radius 2 is 1.04 bits per heavy atom. The molecule has 0 aliphatic heterocycles. The van der Waals surface area contributed by atoms with Gasteiger partial charge in [0.2, 0.25) is 11.8 Å². The van der Waals surface area contributed by atoms with E-state index >= 15 is 0 Å². The summed E-state index contributed by atoms with van der Waals surface area (Å²) in [5, 5.41) is 23.0. The van der Waals surface area contributed by atoms with Crippen LogP contribution in [0.3, 0.4) is 0 Å². The number of hydrogen-bond donors (Lipinski definition) is 4. The van der Waals surface area contributed by atoms with Crippen molar-refractivity contribution in [2.24, 2.45) is 5.92 Å². The number of unbranched alkanes of at least 4 members (excludes halogenated alkanes) is 13. The van der Waals surface area contributed by atoms with E-state index in [9.17, 15) is 24.0 Å². The first-order chi connectivity index (χ1) is 26.7. The molecule has 0 aromatic heterocycles. The Kier molecular flexibility index (Phi) is 44.0. The number of rotatable bonds is 41. The van der Waals surface area contributed by atoms with Crippen LogP contribution in [0.2, 0.25) is 0 Å². The molecule has 324 valence electrons. The van der Waals surface area contributed by atoms with Crippen molar-refractivity contribution >= 4 is 29.4 Å². The molecule has 0 aliphatic carbocycles. The highest BCUT2D eigenvalue weighted by Gasteiger charge is 2.14. The van der Waals surface area contributed by atoms with Gasteiger partial charge in [0.1, 0.15) is 19.8 Å². The number of hydrogen-bond acceptors (Lipinski definition) is 10. The molecular weight excluding hydrogens is 708 g/mol. The molecule has 13 nitrogen and oxygen atoms in total. The number of nitrogens with one attached hydrogen (secondary N) is 2. The lowest BCUT2D eigenvalue weighted by atomic mass is 9.95. The maximum absolute atomic E-state index is 11.8. The molecular formula is C42H80N2O11.